The van der Waals surface area contributed by atoms with Crippen molar-refractivity contribution in [2.75, 3.05) is 30.2 Å². The summed E-state index contributed by atoms with van der Waals surface area (Å²) in [6.45, 7) is 4.49. The second kappa shape index (κ2) is 13.4. The lowest BCUT2D eigenvalue weighted by atomic mass is 9.48. The van der Waals surface area contributed by atoms with E-state index in [-0.39, 0.29) is 23.8 Å². The fourth-order valence-corrected chi connectivity index (χ4v) is 9.31. The second-order valence-corrected chi connectivity index (χ2v) is 15.3. The zero-order valence-electron chi connectivity index (χ0n) is 26.1. The van der Waals surface area contributed by atoms with Crippen molar-refractivity contribution in [1.82, 2.24) is 10.2 Å². The lowest BCUT2D eigenvalue weighted by Crippen LogP contribution is -2.53. The summed E-state index contributed by atoms with van der Waals surface area (Å²) in [4.78, 5) is 28.8. The molecular formula is C35H49N3O4S. The number of amides is 2. The molecule has 0 unspecified atom stereocenters. The normalized spacial score (nSPS) is 24.9. The maximum atomic E-state index is 14.0. The summed E-state index contributed by atoms with van der Waals surface area (Å²) >= 11 is 0. The Balaban J connectivity index is 1.36. The molecule has 4 bridgehead atoms. The molecule has 6 rings (SSSR count). The van der Waals surface area contributed by atoms with Gasteiger partial charge in [-0.25, -0.2) is 8.42 Å². The summed E-state index contributed by atoms with van der Waals surface area (Å²) in [5.41, 5.74) is 3.08. The predicted molar refractivity (Wildman–Crippen MR) is 172 cm³/mol. The monoisotopic (exact) mass is 607 g/mol. The van der Waals surface area contributed by atoms with Crippen molar-refractivity contribution in [2.24, 2.45) is 17.8 Å². The van der Waals surface area contributed by atoms with Crippen LogP contribution in [0.4, 0.5) is 5.69 Å². The number of rotatable bonds is 14. The highest BCUT2D eigenvalue weighted by Crippen LogP contribution is 2.60. The van der Waals surface area contributed by atoms with Crippen LogP contribution in [0.5, 0.6) is 0 Å². The Hall–Kier alpha value is -2.87. The van der Waals surface area contributed by atoms with E-state index in [1.807, 2.05) is 49.4 Å². The van der Waals surface area contributed by atoms with Gasteiger partial charge in [-0.2, -0.15) is 0 Å². The number of hydrogen-bond donors (Lipinski definition) is 1. The first-order valence-electron chi connectivity index (χ1n) is 16.3. The summed E-state index contributed by atoms with van der Waals surface area (Å²) in [6.07, 6.45) is 11.8. The van der Waals surface area contributed by atoms with Gasteiger partial charge in [-0.15, -0.1) is 0 Å². The van der Waals surface area contributed by atoms with Crippen molar-refractivity contribution in [3.8, 4) is 0 Å². The number of carbonyl (C=O) groups is 2. The molecule has 43 heavy (non-hydrogen) atoms. The Bertz CT molecular complexity index is 1320. The molecule has 0 heterocycles. The fraction of sp³-hybridized carbons (Fsp3) is 0.600. The first-order valence-corrected chi connectivity index (χ1v) is 18.2. The van der Waals surface area contributed by atoms with Crippen molar-refractivity contribution < 1.29 is 18.0 Å². The number of nitrogens with one attached hydrogen (secondary N) is 1. The fourth-order valence-electron chi connectivity index (χ4n) is 8.46. The van der Waals surface area contributed by atoms with E-state index in [1.54, 1.807) is 4.90 Å². The SMILES string of the molecule is CCCCNC(=O)[C@H](CC)N(CCc1ccccc1)C(=O)CN(c1ccc(C23CC4CC(CC(C4)C2)C3)cc1)S(C)(=O)=O. The van der Waals surface area contributed by atoms with Crippen molar-refractivity contribution in [2.45, 2.75) is 89.5 Å². The molecule has 7 nitrogen and oxygen atoms in total. The molecule has 2 amide bonds. The van der Waals surface area contributed by atoms with Gasteiger partial charge < -0.3 is 10.2 Å². The average molecular weight is 608 g/mol. The summed E-state index contributed by atoms with van der Waals surface area (Å²) < 4.78 is 27.4. The molecule has 0 aliphatic heterocycles. The van der Waals surface area contributed by atoms with Gasteiger partial charge in [-0.05, 0) is 104 Å². The van der Waals surface area contributed by atoms with Gasteiger partial charge in [0.2, 0.25) is 21.8 Å². The Morgan fingerprint density at radius 3 is 2.07 bits per heavy atom. The van der Waals surface area contributed by atoms with Crippen LogP contribution in [0.3, 0.4) is 0 Å². The predicted octanol–water partition coefficient (Wildman–Crippen LogP) is 5.69. The average Bonchev–Trinajstić information content (AvgIpc) is 2.97. The van der Waals surface area contributed by atoms with Gasteiger partial charge in [0.15, 0.2) is 0 Å². The Morgan fingerprint density at radius 1 is 0.930 bits per heavy atom. The molecule has 0 saturated heterocycles. The number of nitrogens with zero attached hydrogens (tertiary/aromatic N) is 2. The highest BCUT2D eigenvalue weighted by molar-refractivity contribution is 7.92. The molecule has 4 aliphatic rings. The molecule has 2 aromatic rings. The lowest BCUT2D eigenvalue weighted by Gasteiger charge is -2.57. The number of unbranched alkanes of at least 4 members (excludes halogenated alkanes) is 1. The quantitative estimate of drug-likeness (QED) is 0.280. The van der Waals surface area contributed by atoms with Crippen LogP contribution in [-0.4, -0.2) is 57.1 Å². The van der Waals surface area contributed by atoms with Crippen LogP contribution in [0, 0.1) is 17.8 Å². The van der Waals surface area contributed by atoms with Gasteiger partial charge in [-0.1, -0.05) is 62.7 Å². The third-order valence-electron chi connectivity index (χ3n) is 10.2. The minimum atomic E-state index is -3.76. The maximum Gasteiger partial charge on any atom is 0.244 e. The van der Waals surface area contributed by atoms with Crippen LogP contribution in [0.25, 0.3) is 0 Å². The molecule has 4 fully saturated rings. The topological polar surface area (TPSA) is 86.8 Å². The number of carbonyl (C=O) groups excluding carboxylic acids is 2. The van der Waals surface area contributed by atoms with Crippen molar-refractivity contribution >= 4 is 27.5 Å². The highest BCUT2D eigenvalue weighted by Gasteiger charge is 2.51. The summed E-state index contributed by atoms with van der Waals surface area (Å²) in [7, 11) is -3.76. The molecule has 0 aromatic heterocycles. The largest absolute Gasteiger partial charge is 0.354 e. The van der Waals surface area contributed by atoms with Gasteiger partial charge in [-0.3, -0.25) is 13.9 Å². The van der Waals surface area contributed by atoms with E-state index in [4.69, 9.17) is 0 Å². The van der Waals surface area contributed by atoms with Gasteiger partial charge >= 0.3 is 0 Å². The standard InChI is InChI=1S/C35H49N3O4S/c1-4-6-17-36-34(40)32(5-2)37(18-16-26-10-8-7-9-11-26)33(39)25-38(43(3,41)42)31-14-12-30(13-15-31)35-22-27-19-28(23-35)21-29(20-27)24-35/h7-15,27-29,32H,4-6,16-25H2,1-3H3,(H,36,40)/t27?,28?,29?,32-,35?/m0/s1. The smallest absolute Gasteiger partial charge is 0.244 e. The van der Waals surface area contributed by atoms with E-state index >= 15 is 0 Å². The molecule has 0 spiro atoms. The molecule has 4 aliphatic carbocycles. The van der Waals surface area contributed by atoms with Crippen LogP contribution in [0.1, 0.15) is 82.8 Å². The van der Waals surface area contributed by atoms with Crippen LogP contribution >= 0.6 is 0 Å². The highest BCUT2D eigenvalue weighted by atomic mass is 32.2. The number of anilines is 1. The van der Waals surface area contributed by atoms with Crippen LogP contribution in [0.15, 0.2) is 54.6 Å². The van der Waals surface area contributed by atoms with Gasteiger partial charge in [0.05, 0.1) is 11.9 Å². The van der Waals surface area contributed by atoms with E-state index < -0.39 is 16.1 Å². The first-order chi connectivity index (χ1) is 20.6. The lowest BCUT2D eigenvalue weighted by molar-refractivity contribution is -0.139. The minimum absolute atomic E-state index is 0.191. The van der Waals surface area contributed by atoms with Crippen molar-refractivity contribution in [1.29, 1.82) is 0 Å². The zero-order chi connectivity index (χ0) is 30.6. The van der Waals surface area contributed by atoms with Gasteiger partial charge in [0.25, 0.3) is 0 Å². The Labute approximate surface area is 258 Å². The third kappa shape index (κ3) is 7.27. The third-order valence-corrected chi connectivity index (χ3v) is 11.3. The van der Waals surface area contributed by atoms with Crippen molar-refractivity contribution in [3.05, 3.63) is 65.7 Å². The summed E-state index contributed by atoms with van der Waals surface area (Å²) in [5.74, 6) is 1.91. The molecule has 1 N–H and O–H groups in total. The number of sulfonamides is 1. The van der Waals surface area contributed by atoms with Gasteiger partial charge in [0, 0.05) is 13.1 Å². The molecule has 8 heteroatoms. The zero-order valence-corrected chi connectivity index (χ0v) is 27.0. The molecule has 2 aromatic carbocycles. The number of benzene rings is 2. The van der Waals surface area contributed by atoms with E-state index in [0.717, 1.165) is 42.4 Å². The van der Waals surface area contributed by atoms with Crippen LogP contribution in [0.2, 0.25) is 0 Å². The van der Waals surface area contributed by atoms with E-state index in [1.165, 1.54) is 48.4 Å². The van der Waals surface area contributed by atoms with Gasteiger partial charge in [0.1, 0.15) is 12.6 Å². The molecule has 234 valence electrons. The molecule has 4 saturated carbocycles. The van der Waals surface area contributed by atoms with E-state index in [2.05, 4.69) is 24.4 Å². The number of hydrogen-bond acceptors (Lipinski definition) is 4. The Morgan fingerprint density at radius 2 is 1.53 bits per heavy atom. The van der Waals surface area contributed by atoms with E-state index in [9.17, 15) is 18.0 Å². The van der Waals surface area contributed by atoms with Crippen LogP contribution < -0.4 is 9.62 Å². The summed E-state index contributed by atoms with van der Waals surface area (Å²) in [5, 5.41) is 2.98. The molecule has 1 atom stereocenters. The summed E-state index contributed by atoms with van der Waals surface area (Å²) in [6, 6.07) is 17.1. The maximum absolute atomic E-state index is 14.0. The first kappa shape index (κ1) is 31.6. The molecule has 0 radical (unpaired) electrons. The Kier molecular flexibility index (Phi) is 9.84. The molecular weight excluding hydrogens is 558 g/mol. The second-order valence-electron chi connectivity index (χ2n) is 13.4. The van der Waals surface area contributed by atoms with E-state index in [0.29, 0.717) is 31.6 Å². The van der Waals surface area contributed by atoms with Crippen LogP contribution in [-0.2, 0) is 31.4 Å². The minimum Gasteiger partial charge on any atom is -0.354 e. The van der Waals surface area contributed by atoms with Crippen molar-refractivity contribution in [3.63, 3.8) is 0 Å².